The quantitative estimate of drug-likeness (QED) is 0.0250. The lowest BCUT2D eigenvalue weighted by Crippen LogP contribution is -2.60. The predicted molar refractivity (Wildman–Crippen MR) is 194 cm³/mol. The number of fused-ring (bicyclic) bond motifs is 1. The number of alkyl halides is 3. The van der Waals surface area contributed by atoms with E-state index >= 15 is 0 Å². The molecule has 0 saturated carbocycles. The topological polar surface area (TPSA) is 231 Å². The van der Waals surface area contributed by atoms with Crippen LogP contribution < -0.4 is 31.3 Å². The maximum absolute atomic E-state index is 14.3. The molecule has 2 amide bonds. The molecule has 5 rings (SSSR count). The second-order valence-electron chi connectivity index (χ2n) is 13.2. The zero-order valence-electron chi connectivity index (χ0n) is 29.8. The van der Waals surface area contributed by atoms with Gasteiger partial charge in [0.15, 0.2) is 11.5 Å². The summed E-state index contributed by atoms with van der Waals surface area (Å²) < 4.78 is 37.6. The Morgan fingerprint density at radius 3 is 2.24 bits per heavy atom. The minimum Gasteiger partial charge on any atom is -0.475 e. The van der Waals surface area contributed by atoms with Crippen molar-refractivity contribution in [1.29, 1.82) is 5.41 Å². The fourth-order valence-corrected chi connectivity index (χ4v) is 6.78. The summed E-state index contributed by atoms with van der Waals surface area (Å²) in [7, 11) is 0. The highest BCUT2D eigenvalue weighted by Gasteiger charge is 2.80. The molecule has 55 heavy (non-hydrogen) atoms. The summed E-state index contributed by atoms with van der Waals surface area (Å²) in [6, 6.07) is 22.8. The third kappa shape index (κ3) is 9.17. The number of aliphatic carboxylic acids is 1. The van der Waals surface area contributed by atoms with Crippen LogP contribution >= 0.6 is 0 Å². The highest BCUT2D eigenvalue weighted by Crippen LogP contribution is 2.54. The maximum Gasteiger partial charge on any atom is 0.490 e. The van der Waals surface area contributed by atoms with Gasteiger partial charge in [0.05, 0.1) is 17.8 Å². The van der Waals surface area contributed by atoms with E-state index in [2.05, 4.69) is 16.0 Å². The van der Waals surface area contributed by atoms with Crippen LogP contribution in [0.25, 0.3) is 0 Å². The zero-order valence-corrected chi connectivity index (χ0v) is 29.8. The average Bonchev–Trinajstić information content (AvgIpc) is 3.87. The molecule has 1 saturated heterocycles. The molecule has 2 aliphatic rings. The van der Waals surface area contributed by atoms with Crippen LogP contribution in [0.2, 0.25) is 0 Å². The Morgan fingerprint density at radius 2 is 1.65 bits per heavy atom. The highest BCUT2D eigenvalue weighted by molar-refractivity contribution is 6.10. The summed E-state index contributed by atoms with van der Waals surface area (Å²) in [4.78, 5) is 76.6. The Bertz CT molecular complexity index is 1910. The first-order chi connectivity index (χ1) is 26.0. The van der Waals surface area contributed by atoms with E-state index in [1.54, 1.807) is 73.7 Å². The number of rotatable bonds is 15. The smallest absolute Gasteiger partial charge is 0.475 e. The van der Waals surface area contributed by atoms with Crippen molar-refractivity contribution in [3.05, 3.63) is 95.6 Å². The molecule has 0 radical (unpaired) electrons. The summed E-state index contributed by atoms with van der Waals surface area (Å²) in [6.45, 7) is 1.96. The number of para-hydroxylation sites is 1. The van der Waals surface area contributed by atoms with Crippen molar-refractivity contribution in [3.8, 4) is 5.75 Å². The van der Waals surface area contributed by atoms with Gasteiger partial charge in [0, 0.05) is 24.9 Å². The second kappa shape index (κ2) is 17.4. The number of hydrogen-bond donors (Lipinski definition) is 6. The van der Waals surface area contributed by atoms with Gasteiger partial charge in [-0.2, -0.15) is 13.2 Å². The van der Waals surface area contributed by atoms with Crippen molar-refractivity contribution >= 4 is 48.0 Å². The zero-order chi connectivity index (χ0) is 40.4. The number of unbranched alkanes of at least 4 members (excludes halogenated alkanes) is 2. The minimum atomic E-state index is -5.08. The number of ether oxygens (including phenoxy) is 1. The number of hydrogen-bond acceptors (Lipinski definition) is 9. The molecule has 17 heteroatoms. The van der Waals surface area contributed by atoms with Gasteiger partial charge >= 0.3 is 18.1 Å². The molecule has 0 bridgehead atoms. The van der Waals surface area contributed by atoms with E-state index in [1.165, 1.54) is 4.90 Å². The number of carbonyl (C=O) groups excluding carboxylic acids is 5. The normalized spacial score (nSPS) is 19.9. The summed E-state index contributed by atoms with van der Waals surface area (Å²) in [6.07, 6.45) is -0.973. The van der Waals surface area contributed by atoms with E-state index in [9.17, 15) is 37.1 Å². The van der Waals surface area contributed by atoms with Crippen molar-refractivity contribution in [2.24, 2.45) is 5.73 Å². The van der Waals surface area contributed by atoms with E-state index in [4.69, 9.17) is 25.8 Å². The van der Waals surface area contributed by atoms with Gasteiger partial charge in [-0.15, -0.1) is 0 Å². The van der Waals surface area contributed by atoms with Gasteiger partial charge in [-0.1, -0.05) is 67.9 Å². The third-order valence-corrected chi connectivity index (χ3v) is 9.59. The number of benzene rings is 3. The lowest BCUT2D eigenvalue weighted by atomic mass is 9.65. The Balaban J connectivity index is 0.000000876. The van der Waals surface area contributed by atoms with Crippen LogP contribution in [-0.2, 0) is 35.8 Å². The van der Waals surface area contributed by atoms with Gasteiger partial charge in [-0.3, -0.25) is 20.3 Å². The predicted octanol–water partition coefficient (Wildman–Crippen LogP) is 3.02. The molecule has 3 aromatic carbocycles. The number of anilines is 1. The number of nitrogens with one attached hydrogen (secondary N) is 4. The molecule has 2 heterocycles. The monoisotopic (exact) mass is 766 g/mol. The third-order valence-electron chi connectivity index (χ3n) is 9.59. The first kappa shape index (κ1) is 41.7. The van der Waals surface area contributed by atoms with Crippen molar-refractivity contribution in [2.75, 3.05) is 24.5 Å². The molecule has 14 nitrogen and oxygen atoms in total. The Hall–Kier alpha value is -6.10. The molecule has 3 aromatic rings. The Kier molecular flexibility index (Phi) is 13.1. The number of carbonyl (C=O) groups is 6. The molecule has 0 spiro atoms. The fourth-order valence-electron chi connectivity index (χ4n) is 6.78. The van der Waals surface area contributed by atoms with Gasteiger partial charge in [0.25, 0.3) is 5.91 Å². The van der Waals surface area contributed by atoms with E-state index in [0.717, 1.165) is 24.8 Å². The minimum absolute atomic E-state index is 0.0636. The van der Waals surface area contributed by atoms with Crippen LogP contribution in [0.5, 0.6) is 5.75 Å². The van der Waals surface area contributed by atoms with Crippen molar-refractivity contribution in [3.63, 3.8) is 0 Å². The van der Waals surface area contributed by atoms with Crippen LogP contribution in [-0.4, -0.2) is 84.3 Å². The molecule has 0 aromatic heterocycles. The fraction of sp³-hybridized carbons (Fsp3) is 0.342. The number of halogens is 3. The molecule has 1 fully saturated rings. The second-order valence-corrected chi connectivity index (χ2v) is 13.2. The standard InChI is InChI=1S/C36H40N6O6.C2HF3O2/c1-34(26-12-6-2-7-13-26,36(35(24-44,41-36)18-20-43)32(47)48-27-14-8-3-9-15-27)23-42-29-17-16-25(11-5-4-10-19-39-33(37)38)21-28(29)31(46)40-22-30(42)45;3-2(4,5)1(6)7/h2-3,6-9,12-17,20-21,24,41H,4-5,10-11,18-19,22-23H2,1H3,(H,40,46)(H4,37,38,39);(H,6,7)/t34?,35?,36-;/m1./s1. The first-order valence-electron chi connectivity index (χ1n) is 17.2. The first-order valence-corrected chi connectivity index (χ1v) is 17.2. The molecule has 7 N–H and O–H groups in total. The number of guanidine groups is 1. The molecular formula is C38H41F3N6O8. The number of carboxylic acid groups (broad SMARTS) is 1. The van der Waals surface area contributed by atoms with Crippen LogP contribution in [0, 0.1) is 5.41 Å². The van der Waals surface area contributed by atoms with Crippen LogP contribution in [0.1, 0.15) is 54.1 Å². The van der Waals surface area contributed by atoms with Crippen molar-refractivity contribution in [1.82, 2.24) is 16.0 Å². The summed E-state index contributed by atoms with van der Waals surface area (Å²) in [5.74, 6) is -4.15. The molecule has 0 aliphatic carbocycles. The van der Waals surface area contributed by atoms with Gasteiger partial charge in [-0.05, 0) is 54.7 Å². The summed E-state index contributed by atoms with van der Waals surface area (Å²) in [5.41, 5.74) is 2.83. The molecular weight excluding hydrogens is 725 g/mol. The lowest BCUT2D eigenvalue weighted by molar-refractivity contribution is -0.192. The van der Waals surface area contributed by atoms with E-state index < -0.39 is 46.4 Å². The lowest BCUT2D eigenvalue weighted by Gasteiger charge is -2.41. The highest BCUT2D eigenvalue weighted by atomic mass is 19.4. The van der Waals surface area contributed by atoms with Gasteiger partial charge < -0.3 is 40.7 Å². The van der Waals surface area contributed by atoms with Gasteiger partial charge in [0.1, 0.15) is 23.9 Å². The molecule has 2 unspecified atom stereocenters. The molecule has 3 atom stereocenters. The number of carboxylic acids is 1. The van der Waals surface area contributed by atoms with Crippen LogP contribution in [0.15, 0.2) is 78.9 Å². The van der Waals surface area contributed by atoms with E-state index in [-0.39, 0.29) is 31.2 Å². The van der Waals surface area contributed by atoms with E-state index in [1.807, 2.05) is 12.1 Å². The number of esters is 1. The Morgan fingerprint density at radius 1 is 1.02 bits per heavy atom. The number of aldehydes is 2. The number of aryl methyl sites for hydroxylation is 1. The van der Waals surface area contributed by atoms with Crippen LogP contribution in [0.4, 0.5) is 18.9 Å². The largest absolute Gasteiger partial charge is 0.490 e. The summed E-state index contributed by atoms with van der Waals surface area (Å²) in [5, 5.41) is 23.0. The Labute approximate surface area is 314 Å². The van der Waals surface area contributed by atoms with E-state index in [0.29, 0.717) is 42.4 Å². The van der Waals surface area contributed by atoms with Crippen LogP contribution in [0.3, 0.4) is 0 Å². The molecule has 292 valence electrons. The molecule has 2 aliphatic heterocycles. The number of nitrogens with zero attached hydrogens (tertiary/aromatic N) is 1. The SMILES string of the molecule is CC(CN1C(=O)CNC(=O)c2cc(CCCCCNC(=N)N)ccc21)(c1ccccc1)[C@@]1(C(=O)Oc2ccccc2)NC1(C=O)CC=O.O=C(O)C(F)(F)F. The summed E-state index contributed by atoms with van der Waals surface area (Å²) >= 11 is 0. The van der Waals surface area contributed by atoms with Crippen molar-refractivity contribution in [2.45, 2.75) is 61.7 Å². The van der Waals surface area contributed by atoms with Crippen molar-refractivity contribution < 1.29 is 51.8 Å². The number of nitrogens with two attached hydrogens (primary N) is 1. The number of amides is 2. The van der Waals surface area contributed by atoms with Gasteiger partial charge in [0.2, 0.25) is 5.91 Å². The maximum atomic E-state index is 14.3. The average molecular weight is 767 g/mol. The van der Waals surface area contributed by atoms with Gasteiger partial charge in [-0.25, -0.2) is 9.59 Å².